The highest BCUT2D eigenvalue weighted by Gasteiger charge is 2.17. The number of aryl methyl sites for hydroxylation is 1. The Kier molecular flexibility index (Phi) is 6.06. The molecule has 6 heteroatoms. The Labute approximate surface area is 199 Å². The van der Waals surface area contributed by atoms with Crippen molar-refractivity contribution < 1.29 is 4.74 Å². The lowest BCUT2D eigenvalue weighted by atomic mass is 10.0. The summed E-state index contributed by atoms with van der Waals surface area (Å²) in [7, 11) is 4.07. The van der Waals surface area contributed by atoms with Gasteiger partial charge in [-0.1, -0.05) is 12.1 Å². The van der Waals surface area contributed by atoms with Crippen molar-refractivity contribution >= 4 is 5.65 Å². The molecule has 0 fully saturated rings. The summed E-state index contributed by atoms with van der Waals surface area (Å²) in [5.74, 6) is 0.858. The molecule has 34 heavy (non-hydrogen) atoms. The van der Waals surface area contributed by atoms with E-state index < -0.39 is 0 Å². The summed E-state index contributed by atoms with van der Waals surface area (Å²) in [6.07, 6.45) is 3.89. The van der Waals surface area contributed by atoms with E-state index in [0.717, 1.165) is 57.5 Å². The second kappa shape index (κ2) is 9.45. The number of fused-ring (bicyclic) bond motifs is 1. The third kappa shape index (κ3) is 4.54. The summed E-state index contributed by atoms with van der Waals surface area (Å²) in [5.41, 5.74) is 7.52. The minimum atomic E-state index is 0.657. The van der Waals surface area contributed by atoms with Gasteiger partial charge in [-0.2, -0.15) is 0 Å². The van der Waals surface area contributed by atoms with Gasteiger partial charge in [0.2, 0.25) is 0 Å². The molecular weight excluding hydrogens is 422 g/mol. The molecule has 0 saturated carbocycles. The van der Waals surface area contributed by atoms with E-state index in [4.69, 9.17) is 14.7 Å². The van der Waals surface area contributed by atoms with E-state index in [1.165, 1.54) is 0 Å². The summed E-state index contributed by atoms with van der Waals surface area (Å²) in [6.45, 7) is 3.53. The third-order valence-electron chi connectivity index (χ3n) is 5.65. The number of imidazole rings is 1. The lowest BCUT2D eigenvalue weighted by Crippen LogP contribution is -2.19. The zero-order valence-corrected chi connectivity index (χ0v) is 19.6. The average Bonchev–Trinajstić information content (AvgIpc) is 3.24. The van der Waals surface area contributed by atoms with Crippen molar-refractivity contribution in [1.29, 1.82) is 0 Å². The second-order valence-corrected chi connectivity index (χ2v) is 8.51. The molecule has 4 heterocycles. The largest absolute Gasteiger partial charge is 0.492 e. The molecular formula is C28H27N5O. The molecule has 5 rings (SSSR count). The summed E-state index contributed by atoms with van der Waals surface area (Å²) >= 11 is 0. The van der Waals surface area contributed by atoms with Crippen LogP contribution in [0.4, 0.5) is 0 Å². The van der Waals surface area contributed by atoms with Crippen LogP contribution in [0.1, 0.15) is 5.69 Å². The fourth-order valence-electron chi connectivity index (χ4n) is 3.93. The quantitative estimate of drug-likeness (QED) is 0.334. The Morgan fingerprint density at radius 2 is 1.71 bits per heavy atom. The van der Waals surface area contributed by atoms with Gasteiger partial charge in [-0.3, -0.25) is 14.4 Å². The van der Waals surface area contributed by atoms with Gasteiger partial charge in [-0.15, -0.1) is 0 Å². The number of ether oxygens (including phenoxy) is 1. The van der Waals surface area contributed by atoms with Crippen LogP contribution in [-0.4, -0.2) is 51.5 Å². The van der Waals surface area contributed by atoms with Crippen molar-refractivity contribution in [1.82, 2.24) is 24.3 Å². The first-order valence-electron chi connectivity index (χ1n) is 11.3. The molecule has 0 spiro atoms. The van der Waals surface area contributed by atoms with E-state index in [-0.39, 0.29) is 0 Å². The van der Waals surface area contributed by atoms with Gasteiger partial charge in [-0.25, -0.2) is 4.98 Å². The minimum Gasteiger partial charge on any atom is -0.492 e. The SMILES string of the molecule is Cc1cccc(-c2nc3ccccn3c2-c2ccnc(-c3ccc(OCCN(C)C)cc3)c2)n1. The van der Waals surface area contributed by atoms with E-state index in [1.807, 2.05) is 88.0 Å². The van der Waals surface area contributed by atoms with Crippen molar-refractivity contribution in [3.8, 4) is 39.7 Å². The van der Waals surface area contributed by atoms with Gasteiger partial charge in [0.15, 0.2) is 0 Å². The lowest BCUT2D eigenvalue weighted by molar-refractivity contribution is 0.261. The first kappa shape index (κ1) is 21.8. The van der Waals surface area contributed by atoms with Crippen molar-refractivity contribution in [2.75, 3.05) is 27.2 Å². The predicted octanol–water partition coefficient (Wildman–Crippen LogP) is 5.37. The molecule has 0 aliphatic carbocycles. The van der Waals surface area contributed by atoms with Crippen LogP contribution in [0.25, 0.3) is 39.5 Å². The van der Waals surface area contributed by atoms with Crippen molar-refractivity contribution in [2.24, 2.45) is 0 Å². The van der Waals surface area contributed by atoms with E-state index in [0.29, 0.717) is 6.61 Å². The summed E-state index contributed by atoms with van der Waals surface area (Å²) in [4.78, 5) is 16.4. The molecule has 1 aromatic carbocycles. The maximum absolute atomic E-state index is 5.83. The van der Waals surface area contributed by atoms with Gasteiger partial charge in [0.05, 0.1) is 17.1 Å². The van der Waals surface area contributed by atoms with Crippen molar-refractivity contribution in [3.63, 3.8) is 0 Å². The molecule has 0 saturated heterocycles. The molecule has 0 bridgehead atoms. The number of hydrogen-bond donors (Lipinski definition) is 0. The predicted molar refractivity (Wildman–Crippen MR) is 136 cm³/mol. The van der Waals surface area contributed by atoms with E-state index in [2.05, 4.69) is 32.5 Å². The number of aromatic nitrogens is 4. The Morgan fingerprint density at radius 3 is 2.50 bits per heavy atom. The zero-order valence-electron chi connectivity index (χ0n) is 19.6. The van der Waals surface area contributed by atoms with Crippen LogP contribution in [0.3, 0.4) is 0 Å². The topological polar surface area (TPSA) is 55.6 Å². The normalized spacial score (nSPS) is 11.3. The van der Waals surface area contributed by atoms with Gasteiger partial charge in [0, 0.05) is 35.8 Å². The highest BCUT2D eigenvalue weighted by molar-refractivity contribution is 5.82. The molecule has 0 aliphatic heterocycles. The monoisotopic (exact) mass is 449 g/mol. The number of rotatable bonds is 7. The van der Waals surface area contributed by atoms with Crippen LogP contribution in [-0.2, 0) is 0 Å². The van der Waals surface area contributed by atoms with Crippen LogP contribution in [0.15, 0.2) is 85.2 Å². The third-order valence-corrected chi connectivity index (χ3v) is 5.65. The van der Waals surface area contributed by atoms with Crippen molar-refractivity contribution in [2.45, 2.75) is 6.92 Å². The molecule has 5 aromatic rings. The van der Waals surface area contributed by atoms with Gasteiger partial charge >= 0.3 is 0 Å². The number of likely N-dealkylation sites (N-methyl/N-ethyl adjacent to an activating group) is 1. The van der Waals surface area contributed by atoms with E-state index >= 15 is 0 Å². The summed E-state index contributed by atoms with van der Waals surface area (Å²) in [5, 5.41) is 0. The molecule has 0 N–H and O–H groups in total. The molecule has 6 nitrogen and oxygen atoms in total. The Balaban J connectivity index is 1.53. The van der Waals surface area contributed by atoms with Crippen LogP contribution >= 0.6 is 0 Å². The standard InChI is InChI=1S/C28H27N5O/c1-20-7-6-8-24(30-20)27-28(33-16-5-4-9-26(33)31-27)22-14-15-29-25(19-22)21-10-12-23(13-11-21)34-18-17-32(2)3/h4-16,19H,17-18H2,1-3H3. The van der Waals surface area contributed by atoms with E-state index in [9.17, 15) is 0 Å². The van der Waals surface area contributed by atoms with Crippen molar-refractivity contribution in [3.05, 3.63) is 90.9 Å². The molecule has 4 aromatic heterocycles. The highest BCUT2D eigenvalue weighted by Crippen LogP contribution is 2.33. The van der Waals surface area contributed by atoms with Gasteiger partial charge in [-0.05, 0) is 81.7 Å². The molecule has 0 aliphatic rings. The Hall–Kier alpha value is -4.03. The molecule has 0 radical (unpaired) electrons. The molecule has 0 unspecified atom stereocenters. The Morgan fingerprint density at radius 1 is 0.853 bits per heavy atom. The maximum Gasteiger partial charge on any atom is 0.138 e. The smallest absolute Gasteiger partial charge is 0.138 e. The van der Waals surface area contributed by atoms with Crippen LogP contribution < -0.4 is 4.74 Å². The molecule has 0 amide bonds. The fraction of sp³-hybridized carbons (Fsp3) is 0.179. The highest BCUT2D eigenvalue weighted by atomic mass is 16.5. The Bertz CT molecular complexity index is 1420. The first-order chi connectivity index (χ1) is 16.6. The molecule has 0 atom stereocenters. The number of nitrogens with zero attached hydrogens (tertiary/aromatic N) is 5. The maximum atomic E-state index is 5.83. The zero-order chi connectivity index (χ0) is 23.5. The summed E-state index contributed by atoms with van der Waals surface area (Å²) < 4.78 is 7.94. The van der Waals surface area contributed by atoms with E-state index in [1.54, 1.807) is 0 Å². The number of hydrogen-bond acceptors (Lipinski definition) is 5. The summed E-state index contributed by atoms with van der Waals surface area (Å²) in [6, 6.07) is 24.3. The average molecular weight is 450 g/mol. The lowest BCUT2D eigenvalue weighted by Gasteiger charge is -2.11. The van der Waals surface area contributed by atoms with Crippen LogP contribution in [0, 0.1) is 6.92 Å². The molecule has 170 valence electrons. The fourth-order valence-corrected chi connectivity index (χ4v) is 3.93. The van der Waals surface area contributed by atoms with Crippen LogP contribution in [0.5, 0.6) is 5.75 Å². The van der Waals surface area contributed by atoms with Gasteiger partial charge in [0.25, 0.3) is 0 Å². The number of pyridine rings is 3. The van der Waals surface area contributed by atoms with Crippen LogP contribution in [0.2, 0.25) is 0 Å². The minimum absolute atomic E-state index is 0.657. The second-order valence-electron chi connectivity index (χ2n) is 8.51. The van der Waals surface area contributed by atoms with Gasteiger partial charge < -0.3 is 9.64 Å². The van der Waals surface area contributed by atoms with Gasteiger partial charge in [0.1, 0.15) is 23.7 Å². The first-order valence-corrected chi connectivity index (χ1v) is 11.3. The number of benzene rings is 1.